The Morgan fingerprint density at radius 2 is 2.29 bits per heavy atom. The molecule has 4 nitrogen and oxygen atoms in total. The van der Waals surface area contributed by atoms with E-state index >= 15 is 0 Å². The second-order valence-corrected chi connectivity index (χ2v) is 4.58. The van der Waals surface area contributed by atoms with Gasteiger partial charge in [-0.15, -0.1) is 0 Å². The van der Waals surface area contributed by atoms with Crippen LogP contribution in [-0.4, -0.2) is 21.5 Å². The van der Waals surface area contributed by atoms with Gasteiger partial charge in [-0.1, -0.05) is 11.6 Å². The van der Waals surface area contributed by atoms with E-state index in [9.17, 15) is 0 Å². The Morgan fingerprint density at radius 1 is 1.41 bits per heavy atom. The van der Waals surface area contributed by atoms with E-state index < -0.39 is 0 Å². The summed E-state index contributed by atoms with van der Waals surface area (Å²) in [5, 5.41) is 5.23. The summed E-state index contributed by atoms with van der Waals surface area (Å²) in [7, 11) is 0. The summed E-state index contributed by atoms with van der Waals surface area (Å²) in [5.41, 5.74) is 0. The zero-order valence-electron chi connectivity index (χ0n) is 9.22. The van der Waals surface area contributed by atoms with E-state index in [0.29, 0.717) is 5.02 Å². The summed E-state index contributed by atoms with van der Waals surface area (Å²) in [6, 6.07) is 3.60. The molecule has 2 aromatic heterocycles. The van der Waals surface area contributed by atoms with Crippen LogP contribution in [0.25, 0.3) is 0 Å². The van der Waals surface area contributed by atoms with Crippen LogP contribution in [0.15, 0.2) is 40.8 Å². The molecule has 0 spiro atoms. The van der Waals surface area contributed by atoms with Gasteiger partial charge in [-0.25, -0.2) is 9.97 Å². The fourth-order valence-corrected chi connectivity index (χ4v) is 2.18. The lowest BCUT2D eigenvalue weighted by atomic mass is 10.5. The highest BCUT2D eigenvalue weighted by molar-refractivity contribution is 7.99. The Morgan fingerprint density at radius 3 is 3.06 bits per heavy atom. The van der Waals surface area contributed by atoms with Crippen LogP contribution < -0.4 is 5.32 Å². The van der Waals surface area contributed by atoms with Gasteiger partial charge in [0.1, 0.15) is 15.9 Å². The lowest BCUT2D eigenvalue weighted by Crippen LogP contribution is -2.00. The Bertz CT molecular complexity index is 506. The van der Waals surface area contributed by atoms with E-state index in [1.54, 1.807) is 30.7 Å². The molecule has 0 aliphatic carbocycles. The summed E-state index contributed by atoms with van der Waals surface area (Å²) >= 11 is 7.43. The SMILES string of the molecule is CCNc1cncc(Sc2ncccc2Cl)n1. The van der Waals surface area contributed by atoms with Crippen molar-refractivity contribution in [2.75, 3.05) is 11.9 Å². The maximum absolute atomic E-state index is 6.03. The number of anilines is 1. The Hall–Kier alpha value is -1.33. The van der Waals surface area contributed by atoms with Gasteiger partial charge in [-0.3, -0.25) is 4.98 Å². The topological polar surface area (TPSA) is 50.7 Å². The first-order valence-corrected chi connectivity index (χ1v) is 6.33. The maximum Gasteiger partial charge on any atom is 0.145 e. The summed E-state index contributed by atoms with van der Waals surface area (Å²) in [6.07, 6.45) is 5.08. The van der Waals surface area contributed by atoms with Crippen molar-refractivity contribution in [3.63, 3.8) is 0 Å². The van der Waals surface area contributed by atoms with Crippen LogP contribution >= 0.6 is 23.4 Å². The van der Waals surface area contributed by atoms with Crippen molar-refractivity contribution >= 4 is 29.2 Å². The van der Waals surface area contributed by atoms with Crippen LogP contribution in [0.1, 0.15) is 6.92 Å². The average Bonchev–Trinajstić information content (AvgIpc) is 2.33. The predicted octanol–water partition coefficient (Wildman–Crippen LogP) is 3.11. The van der Waals surface area contributed by atoms with Gasteiger partial charge in [0.15, 0.2) is 0 Å². The summed E-state index contributed by atoms with van der Waals surface area (Å²) in [4.78, 5) is 12.7. The highest BCUT2D eigenvalue weighted by atomic mass is 35.5. The quantitative estimate of drug-likeness (QED) is 0.922. The zero-order chi connectivity index (χ0) is 12.1. The number of halogens is 1. The lowest BCUT2D eigenvalue weighted by molar-refractivity contribution is 1.02. The number of aromatic nitrogens is 3. The molecule has 0 aromatic carbocycles. The summed E-state index contributed by atoms with van der Waals surface area (Å²) in [5.74, 6) is 0.754. The molecule has 88 valence electrons. The summed E-state index contributed by atoms with van der Waals surface area (Å²) in [6.45, 7) is 2.82. The molecule has 17 heavy (non-hydrogen) atoms. The van der Waals surface area contributed by atoms with Gasteiger partial charge in [-0.05, 0) is 30.8 Å². The minimum atomic E-state index is 0.619. The molecule has 0 bridgehead atoms. The first kappa shape index (κ1) is 12.1. The fourth-order valence-electron chi connectivity index (χ4n) is 1.21. The fraction of sp³-hybridized carbons (Fsp3) is 0.182. The Labute approximate surface area is 109 Å². The third-order valence-corrected chi connectivity index (χ3v) is 3.24. The van der Waals surface area contributed by atoms with E-state index in [1.165, 1.54) is 11.8 Å². The van der Waals surface area contributed by atoms with E-state index in [4.69, 9.17) is 11.6 Å². The molecule has 0 saturated carbocycles. The number of nitrogens with zero attached hydrogens (tertiary/aromatic N) is 3. The molecule has 0 fully saturated rings. The van der Waals surface area contributed by atoms with Crippen LogP contribution in [0, 0.1) is 0 Å². The molecule has 2 rings (SSSR count). The molecule has 0 aliphatic rings. The van der Waals surface area contributed by atoms with Crippen LogP contribution in [0.2, 0.25) is 5.02 Å². The molecule has 1 N–H and O–H groups in total. The molecule has 2 aromatic rings. The van der Waals surface area contributed by atoms with Gasteiger partial charge in [0.25, 0.3) is 0 Å². The third kappa shape index (κ3) is 3.31. The van der Waals surface area contributed by atoms with E-state index in [0.717, 1.165) is 22.4 Å². The second-order valence-electron chi connectivity index (χ2n) is 3.17. The van der Waals surface area contributed by atoms with Crippen molar-refractivity contribution in [1.82, 2.24) is 15.0 Å². The molecule has 0 saturated heterocycles. The average molecular weight is 267 g/mol. The lowest BCUT2D eigenvalue weighted by Gasteiger charge is -2.04. The van der Waals surface area contributed by atoms with E-state index in [1.807, 2.05) is 6.92 Å². The molecule has 0 unspecified atom stereocenters. The molecule has 0 atom stereocenters. The highest BCUT2D eigenvalue weighted by Crippen LogP contribution is 2.29. The van der Waals surface area contributed by atoms with Gasteiger partial charge in [0.05, 0.1) is 17.4 Å². The van der Waals surface area contributed by atoms with Gasteiger partial charge in [0, 0.05) is 12.7 Å². The van der Waals surface area contributed by atoms with Gasteiger partial charge < -0.3 is 5.32 Å². The molecule has 0 radical (unpaired) electrons. The molecular formula is C11H11ClN4S. The monoisotopic (exact) mass is 266 g/mol. The number of hydrogen-bond donors (Lipinski definition) is 1. The van der Waals surface area contributed by atoms with Crippen molar-refractivity contribution in [3.8, 4) is 0 Å². The largest absolute Gasteiger partial charge is 0.369 e. The van der Waals surface area contributed by atoms with Gasteiger partial charge in [0.2, 0.25) is 0 Å². The van der Waals surface area contributed by atoms with Crippen LogP contribution in [0.4, 0.5) is 5.82 Å². The normalized spacial score (nSPS) is 10.2. The second kappa shape index (κ2) is 5.84. The van der Waals surface area contributed by atoms with Crippen molar-refractivity contribution in [1.29, 1.82) is 0 Å². The van der Waals surface area contributed by atoms with Crippen LogP contribution in [0.3, 0.4) is 0 Å². The van der Waals surface area contributed by atoms with Crippen molar-refractivity contribution < 1.29 is 0 Å². The van der Waals surface area contributed by atoms with E-state index in [2.05, 4.69) is 20.3 Å². The predicted molar refractivity (Wildman–Crippen MR) is 69.6 cm³/mol. The summed E-state index contributed by atoms with van der Waals surface area (Å²) < 4.78 is 0. The third-order valence-electron chi connectivity index (χ3n) is 1.90. The molecule has 6 heteroatoms. The first-order valence-electron chi connectivity index (χ1n) is 5.14. The number of pyridine rings is 1. The van der Waals surface area contributed by atoms with Crippen LogP contribution in [0.5, 0.6) is 0 Å². The number of rotatable bonds is 4. The minimum absolute atomic E-state index is 0.619. The smallest absolute Gasteiger partial charge is 0.145 e. The molecule has 0 amide bonds. The van der Waals surface area contributed by atoms with Crippen molar-refractivity contribution in [3.05, 3.63) is 35.7 Å². The van der Waals surface area contributed by atoms with Crippen LogP contribution in [-0.2, 0) is 0 Å². The van der Waals surface area contributed by atoms with Gasteiger partial charge in [-0.2, -0.15) is 0 Å². The Balaban J connectivity index is 2.18. The van der Waals surface area contributed by atoms with Crippen molar-refractivity contribution in [2.45, 2.75) is 17.0 Å². The zero-order valence-corrected chi connectivity index (χ0v) is 10.8. The molecule has 2 heterocycles. The maximum atomic E-state index is 6.03. The standard InChI is InChI=1S/C11H11ClN4S/c1-2-14-9-6-13-7-10(16-9)17-11-8(12)4-3-5-15-11/h3-7H,2H2,1H3,(H,14,16). The Kier molecular flexibility index (Phi) is 4.17. The van der Waals surface area contributed by atoms with E-state index in [-0.39, 0.29) is 0 Å². The molecular weight excluding hydrogens is 256 g/mol. The van der Waals surface area contributed by atoms with Crippen molar-refractivity contribution in [2.24, 2.45) is 0 Å². The van der Waals surface area contributed by atoms with Gasteiger partial charge >= 0.3 is 0 Å². The molecule has 0 aliphatic heterocycles. The first-order chi connectivity index (χ1) is 8.29. The minimum Gasteiger partial charge on any atom is -0.369 e. The number of hydrogen-bond acceptors (Lipinski definition) is 5. The highest BCUT2D eigenvalue weighted by Gasteiger charge is 2.05. The number of nitrogens with one attached hydrogen (secondary N) is 1.